The van der Waals surface area contributed by atoms with Gasteiger partial charge in [-0.2, -0.15) is 18.2 Å². The maximum absolute atomic E-state index is 13.3. The first-order valence-corrected chi connectivity index (χ1v) is 9.88. The molecule has 0 atom stereocenters. The van der Waals surface area contributed by atoms with Gasteiger partial charge in [0.2, 0.25) is 11.9 Å². The second-order valence-electron chi connectivity index (χ2n) is 6.89. The summed E-state index contributed by atoms with van der Waals surface area (Å²) < 4.78 is 39.9. The smallest absolute Gasteiger partial charge is 0.368 e. The number of hydrogen-bond donors (Lipinski definition) is 4. The van der Waals surface area contributed by atoms with E-state index in [2.05, 4.69) is 31.2 Å². The summed E-state index contributed by atoms with van der Waals surface area (Å²) in [4.78, 5) is 31.0. The molecule has 3 aromatic rings. The highest BCUT2D eigenvalue weighted by Crippen LogP contribution is 2.34. The fraction of sp³-hybridized carbons (Fsp3) is 0.182. The van der Waals surface area contributed by atoms with Crippen molar-refractivity contribution in [3.8, 4) is 0 Å². The molecule has 0 radical (unpaired) electrons. The van der Waals surface area contributed by atoms with Crippen molar-refractivity contribution in [2.24, 2.45) is 0 Å². The molecule has 3 rings (SSSR count). The normalized spacial score (nSPS) is 10.9. The highest BCUT2D eigenvalue weighted by Gasteiger charge is 2.35. The van der Waals surface area contributed by atoms with Crippen LogP contribution in [0, 0.1) is 0 Å². The predicted molar refractivity (Wildman–Crippen MR) is 118 cm³/mol. The van der Waals surface area contributed by atoms with Crippen LogP contribution in [0.4, 0.5) is 36.3 Å². The number of alkyl halides is 3. The first kappa shape index (κ1) is 23.5. The van der Waals surface area contributed by atoms with Crippen molar-refractivity contribution in [3.63, 3.8) is 0 Å². The average molecular weight is 458 g/mol. The van der Waals surface area contributed by atoms with Crippen LogP contribution in [-0.4, -0.2) is 34.9 Å². The van der Waals surface area contributed by atoms with Gasteiger partial charge in [-0.3, -0.25) is 9.59 Å². The van der Waals surface area contributed by atoms with E-state index >= 15 is 0 Å². The summed E-state index contributed by atoms with van der Waals surface area (Å²) in [6.45, 7) is 1.48. The zero-order valence-corrected chi connectivity index (χ0v) is 17.5. The van der Waals surface area contributed by atoms with Gasteiger partial charge in [0.25, 0.3) is 5.91 Å². The summed E-state index contributed by atoms with van der Waals surface area (Å²) in [5, 5.41) is 10.6. The molecule has 0 saturated heterocycles. The van der Waals surface area contributed by atoms with E-state index < -0.39 is 17.6 Å². The third-order valence-corrected chi connectivity index (χ3v) is 4.30. The van der Waals surface area contributed by atoms with Gasteiger partial charge >= 0.3 is 6.18 Å². The fourth-order valence-corrected chi connectivity index (χ4v) is 2.80. The van der Waals surface area contributed by atoms with Crippen LogP contribution in [0.15, 0.2) is 60.8 Å². The molecule has 1 heterocycles. The monoisotopic (exact) mass is 458 g/mol. The molecule has 0 aliphatic carbocycles. The SMILES string of the molecule is CC(=O)NCCNc1nc(Nc2cccc(NC(=O)c3ccccc3)c2)ncc1C(F)(F)F. The standard InChI is InChI=1S/C22H21F3N6O2/c1-14(32)26-10-11-27-19-18(22(23,24)25)13-28-21(31-19)30-17-9-5-8-16(12-17)29-20(33)15-6-3-2-4-7-15/h2-9,12-13H,10-11H2,1H3,(H,26,32)(H,29,33)(H2,27,28,30,31). The highest BCUT2D eigenvalue weighted by atomic mass is 19.4. The predicted octanol–water partition coefficient (Wildman–Crippen LogP) is 4.04. The Bertz CT molecular complexity index is 1120. The molecule has 0 unspecified atom stereocenters. The van der Waals surface area contributed by atoms with Gasteiger partial charge in [0, 0.05) is 43.1 Å². The molecule has 0 bridgehead atoms. The average Bonchev–Trinajstić information content (AvgIpc) is 2.77. The molecule has 0 fully saturated rings. The molecule has 0 aliphatic rings. The summed E-state index contributed by atoms with van der Waals surface area (Å²) in [7, 11) is 0. The maximum Gasteiger partial charge on any atom is 0.421 e. The van der Waals surface area contributed by atoms with Crippen molar-refractivity contribution in [2.45, 2.75) is 13.1 Å². The lowest BCUT2D eigenvalue weighted by Gasteiger charge is -2.15. The molecule has 2 amide bonds. The molecule has 4 N–H and O–H groups in total. The Morgan fingerprint density at radius 3 is 2.39 bits per heavy atom. The van der Waals surface area contributed by atoms with Crippen LogP contribution in [0.2, 0.25) is 0 Å². The van der Waals surface area contributed by atoms with Crippen LogP contribution in [0.5, 0.6) is 0 Å². The Morgan fingerprint density at radius 2 is 1.70 bits per heavy atom. The third-order valence-electron chi connectivity index (χ3n) is 4.30. The van der Waals surface area contributed by atoms with Crippen LogP contribution in [-0.2, 0) is 11.0 Å². The maximum atomic E-state index is 13.3. The first-order chi connectivity index (χ1) is 15.7. The lowest BCUT2D eigenvalue weighted by Crippen LogP contribution is -2.27. The molecule has 11 heteroatoms. The number of anilines is 4. The highest BCUT2D eigenvalue weighted by molar-refractivity contribution is 6.04. The number of hydrogen-bond acceptors (Lipinski definition) is 6. The van der Waals surface area contributed by atoms with Gasteiger partial charge in [-0.25, -0.2) is 4.98 Å². The molecule has 33 heavy (non-hydrogen) atoms. The Morgan fingerprint density at radius 1 is 0.970 bits per heavy atom. The van der Waals surface area contributed by atoms with E-state index in [0.29, 0.717) is 23.1 Å². The van der Waals surface area contributed by atoms with Crippen LogP contribution in [0.1, 0.15) is 22.8 Å². The Labute approximate surface area is 187 Å². The quantitative estimate of drug-likeness (QED) is 0.380. The van der Waals surface area contributed by atoms with Gasteiger partial charge in [0.05, 0.1) is 0 Å². The number of rotatable bonds is 8. The van der Waals surface area contributed by atoms with E-state index in [4.69, 9.17) is 0 Å². The van der Waals surface area contributed by atoms with Crippen molar-refractivity contribution in [3.05, 3.63) is 71.9 Å². The van der Waals surface area contributed by atoms with Gasteiger partial charge in [0.15, 0.2) is 0 Å². The van der Waals surface area contributed by atoms with Crippen LogP contribution < -0.4 is 21.3 Å². The third kappa shape index (κ3) is 6.92. The summed E-state index contributed by atoms with van der Waals surface area (Å²) in [6, 6.07) is 15.2. The fourth-order valence-electron chi connectivity index (χ4n) is 2.80. The van der Waals surface area contributed by atoms with Crippen LogP contribution >= 0.6 is 0 Å². The second kappa shape index (κ2) is 10.4. The second-order valence-corrected chi connectivity index (χ2v) is 6.89. The van der Waals surface area contributed by atoms with Crippen LogP contribution in [0.3, 0.4) is 0 Å². The van der Waals surface area contributed by atoms with E-state index in [9.17, 15) is 22.8 Å². The molecule has 8 nitrogen and oxygen atoms in total. The van der Waals surface area contributed by atoms with Crippen molar-refractivity contribution < 1.29 is 22.8 Å². The van der Waals surface area contributed by atoms with E-state index in [0.717, 1.165) is 0 Å². The Kier molecular flexibility index (Phi) is 7.44. The van der Waals surface area contributed by atoms with Gasteiger partial charge in [-0.15, -0.1) is 0 Å². The van der Waals surface area contributed by atoms with Gasteiger partial charge < -0.3 is 21.3 Å². The largest absolute Gasteiger partial charge is 0.421 e. The van der Waals surface area contributed by atoms with E-state index in [1.54, 1.807) is 54.6 Å². The van der Waals surface area contributed by atoms with Gasteiger partial charge in [-0.05, 0) is 30.3 Å². The molecule has 0 saturated carbocycles. The van der Waals surface area contributed by atoms with Gasteiger partial charge in [0.1, 0.15) is 11.4 Å². The Hall–Kier alpha value is -4.15. The molecule has 0 aliphatic heterocycles. The first-order valence-electron chi connectivity index (χ1n) is 9.88. The number of halogens is 3. The summed E-state index contributed by atoms with van der Waals surface area (Å²) in [5.41, 5.74) is 0.399. The Balaban J connectivity index is 1.74. The minimum atomic E-state index is -4.66. The number of aromatic nitrogens is 2. The zero-order valence-electron chi connectivity index (χ0n) is 17.5. The van der Waals surface area contributed by atoms with Crippen LogP contribution in [0.25, 0.3) is 0 Å². The summed E-state index contributed by atoms with van der Waals surface area (Å²) in [5.74, 6) is -1.09. The van der Waals surface area contributed by atoms with Crippen molar-refractivity contribution >= 4 is 35.0 Å². The molecular formula is C22H21F3N6O2. The van der Waals surface area contributed by atoms with E-state index in [1.165, 1.54) is 6.92 Å². The van der Waals surface area contributed by atoms with E-state index in [1.807, 2.05) is 0 Å². The number of nitrogens with zero attached hydrogens (tertiary/aromatic N) is 2. The minimum Gasteiger partial charge on any atom is -0.368 e. The van der Waals surface area contributed by atoms with Crippen molar-refractivity contribution in [1.29, 1.82) is 0 Å². The molecule has 2 aromatic carbocycles. The lowest BCUT2D eigenvalue weighted by atomic mass is 10.2. The van der Waals surface area contributed by atoms with Crippen molar-refractivity contribution in [1.82, 2.24) is 15.3 Å². The number of benzene rings is 2. The topological polar surface area (TPSA) is 108 Å². The zero-order chi connectivity index (χ0) is 23.8. The number of nitrogens with one attached hydrogen (secondary N) is 4. The molecule has 0 spiro atoms. The number of carbonyl (C=O) groups is 2. The van der Waals surface area contributed by atoms with Crippen molar-refractivity contribution in [2.75, 3.05) is 29.0 Å². The van der Waals surface area contributed by atoms with E-state index in [-0.39, 0.29) is 30.9 Å². The lowest BCUT2D eigenvalue weighted by molar-refractivity contribution is -0.137. The number of carbonyl (C=O) groups excluding carboxylic acids is 2. The minimum absolute atomic E-state index is 0.0418. The van der Waals surface area contributed by atoms with Gasteiger partial charge in [-0.1, -0.05) is 24.3 Å². The number of amides is 2. The summed E-state index contributed by atoms with van der Waals surface area (Å²) >= 11 is 0. The summed E-state index contributed by atoms with van der Waals surface area (Å²) in [6.07, 6.45) is -3.98. The molecular weight excluding hydrogens is 437 g/mol. The molecule has 1 aromatic heterocycles. The molecule has 172 valence electrons.